The predicted molar refractivity (Wildman–Crippen MR) is 81.7 cm³/mol. The summed E-state index contributed by atoms with van der Waals surface area (Å²) >= 11 is 0. The topological polar surface area (TPSA) is 93.6 Å². The minimum absolute atomic E-state index is 0.0821. The van der Waals surface area contributed by atoms with Crippen LogP contribution in [0.3, 0.4) is 0 Å². The number of aromatic nitrogens is 2. The quantitative estimate of drug-likeness (QED) is 0.782. The average Bonchev–Trinajstić information content (AvgIpc) is 3.12. The molecule has 2 atom stereocenters. The molecule has 0 aliphatic carbocycles. The third-order valence-corrected chi connectivity index (χ3v) is 3.54. The monoisotopic (exact) mass is 322 g/mol. The lowest BCUT2D eigenvalue weighted by Crippen LogP contribution is -2.35. The van der Waals surface area contributed by atoms with Gasteiger partial charge in [-0.15, -0.1) is 0 Å². The van der Waals surface area contributed by atoms with Gasteiger partial charge in [0.15, 0.2) is 0 Å². The van der Waals surface area contributed by atoms with E-state index in [1.807, 2.05) is 6.92 Å². The molecule has 2 heterocycles. The number of amides is 1. The molecule has 0 aliphatic rings. The summed E-state index contributed by atoms with van der Waals surface area (Å²) < 4.78 is 16.1. The summed E-state index contributed by atoms with van der Waals surface area (Å²) in [6, 6.07) is 1.47. The van der Waals surface area contributed by atoms with E-state index in [1.54, 1.807) is 20.3 Å². The fourth-order valence-corrected chi connectivity index (χ4v) is 2.09. The molecular weight excluding hydrogens is 300 g/mol. The van der Waals surface area contributed by atoms with Crippen LogP contribution >= 0.6 is 0 Å². The molecule has 2 unspecified atom stereocenters. The lowest BCUT2D eigenvalue weighted by atomic mass is 9.96. The Hall–Kier alpha value is -2.35. The number of hydrogen-bond acceptors (Lipinski definition) is 7. The molecule has 23 heavy (non-hydrogen) atoms. The van der Waals surface area contributed by atoms with Crippen molar-refractivity contribution < 1.29 is 18.6 Å². The van der Waals surface area contributed by atoms with Crippen LogP contribution < -0.4 is 10.2 Å². The third-order valence-electron chi connectivity index (χ3n) is 3.54. The van der Waals surface area contributed by atoms with Gasteiger partial charge in [0.2, 0.25) is 5.76 Å². The van der Waals surface area contributed by atoms with Crippen molar-refractivity contribution >= 4 is 5.91 Å². The highest BCUT2D eigenvalue weighted by atomic mass is 16.5. The van der Waals surface area contributed by atoms with Crippen molar-refractivity contribution in [2.75, 3.05) is 14.1 Å². The molecule has 0 aromatic carbocycles. The van der Waals surface area contributed by atoms with Gasteiger partial charge >= 0.3 is 5.91 Å². The van der Waals surface area contributed by atoms with Crippen LogP contribution in [0.5, 0.6) is 5.88 Å². The molecule has 0 bridgehead atoms. The van der Waals surface area contributed by atoms with Gasteiger partial charge in [0.05, 0.1) is 17.8 Å². The second kappa shape index (κ2) is 7.28. The van der Waals surface area contributed by atoms with E-state index in [0.29, 0.717) is 5.76 Å². The summed E-state index contributed by atoms with van der Waals surface area (Å²) in [5.41, 5.74) is 3.44. The lowest BCUT2D eigenvalue weighted by Gasteiger charge is -2.21. The smallest absolute Gasteiger partial charge is 0.304 e. The Kier molecular flexibility index (Phi) is 5.38. The van der Waals surface area contributed by atoms with Gasteiger partial charge in [-0.1, -0.05) is 19.0 Å². The van der Waals surface area contributed by atoms with Crippen LogP contribution in [-0.4, -0.2) is 35.3 Å². The number of nitrogens with zero attached hydrogens (tertiary/aromatic N) is 3. The van der Waals surface area contributed by atoms with Crippen LogP contribution in [0, 0.1) is 12.8 Å². The highest BCUT2D eigenvalue weighted by molar-refractivity contribution is 5.91. The fourth-order valence-electron chi connectivity index (χ4n) is 2.09. The second-order valence-corrected chi connectivity index (χ2v) is 5.63. The highest BCUT2D eigenvalue weighted by Crippen LogP contribution is 2.31. The van der Waals surface area contributed by atoms with Crippen molar-refractivity contribution in [1.82, 2.24) is 20.7 Å². The van der Waals surface area contributed by atoms with Gasteiger partial charge in [-0.05, 0) is 24.4 Å². The first-order chi connectivity index (χ1) is 10.9. The number of rotatable bonds is 7. The Morgan fingerprint density at radius 1 is 1.43 bits per heavy atom. The zero-order chi connectivity index (χ0) is 17.0. The van der Waals surface area contributed by atoms with Crippen molar-refractivity contribution in [1.29, 1.82) is 0 Å². The number of carbonyl (C=O) groups is 1. The summed E-state index contributed by atoms with van der Waals surface area (Å²) in [7, 11) is 3.42. The van der Waals surface area contributed by atoms with Crippen molar-refractivity contribution in [2.45, 2.75) is 33.3 Å². The number of nitrogens with one attached hydrogen (secondary N) is 1. The van der Waals surface area contributed by atoms with E-state index in [9.17, 15) is 4.79 Å². The van der Waals surface area contributed by atoms with Crippen molar-refractivity contribution in [3.8, 4) is 5.88 Å². The highest BCUT2D eigenvalue weighted by Gasteiger charge is 2.26. The van der Waals surface area contributed by atoms with E-state index in [4.69, 9.17) is 13.8 Å². The van der Waals surface area contributed by atoms with Crippen molar-refractivity contribution in [3.05, 3.63) is 29.3 Å². The minimum Gasteiger partial charge on any atom is -0.467 e. The second-order valence-electron chi connectivity index (χ2n) is 5.63. The van der Waals surface area contributed by atoms with Crippen LogP contribution in [0.15, 0.2) is 21.3 Å². The largest absolute Gasteiger partial charge is 0.467 e. The molecule has 0 spiro atoms. The van der Waals surface area contributed by atoms with Crippen molar-refractivity contribution in [2.24, 2.45) is 5.92 Å². The number of hydrogen-bond donors (Lipinski definition) is 1. The van der Waals surface area contributed by atoms with Crippen LogP contribution in [0.1, 0.15) is 48.3 Å². The molecule has 8 nitrogen and oxygen atoms in total. The molecule has 2 aromatic rings. The number of ether oxygens (including phenoxy) is 1. The van der Waals surface area contributed by atoms with Gasteiger partial charge in [0.1, 0.15) is 11.9 Å². The molecule has 0 radical (unpaired) electrons. The van der Waals surface area contributed by atoms with E-state index < -0.39 is 5.91 Å². The van der Waals surface area contributed by atoms with Gasteiger partial charge in [0.25, 0.3) is 5.88 Å². The van der Waals surface area contributed by atoms with Crippen LogP contribution in [0.4, 0.5) is 0 Å². The van der Waals surface area contributed by atoms with E-state index in [2.05, 4.69) is 29.6 Å². The first-order valence-corrected chi connectivity index (χ1v) is 7.45. The zero-order valence-electron chi connectivity index (χ0n) is 14.0. The Morgan fingerprint density at radius 2 is 2.17 bits per heavy atom. The molecular formula is C15H22N4O4. The van der Waals surface area contributed by atoms with Crippen molar-refractivity contribution in [3.63, 3.8) is 0 Å². The summed E-state index contributed by atoms with van der Waals surface area (Å²) in [5.74, 6) is 0.852. The molecule has 0 aliphatic heterocycles. The zero-order valence-corrected chi connectivity index (χ0v) is 14.0. The molecule has 0 saturated heterocycles. The predicted octanol–water partition coefficient (Wildman–Crippen LogP) is 2.34. The number of aryl methyl sites for hydroxylation is 1. The summed E-state index contributed by atoms with van der Waals surface area (Å²) in [4.78, 5) is 11.9. The molecule has 0 fully saturated rings. The van der Waals surface area contributed by atoms with Crippen LogP contribution in [0.25, 0.3) is 0 Å². The Labute approximate surface area is 134 Å². The minimum atomic E-state index is -0.390. The molecule has 8 heteroatoms. The summed E-state index contributed by atoms with van der Waals surface area (Å²) in [6.07, 6.45) is 2.27. The SMILES string of the molecule is CCC(C)C(Oc1cc(C(=O)NN(C)C)on1)c1cnoc1C. The molecule has 0 saturated carbocycles. The maximum absolute atomic E-state index is 11.9. The third kappa shape index (κ3) is 4.10. The van der Waals surface area contributed by atoms with E-state index in [0.717, 1.165) is 12.0 Å². The Balaban J connectivity index is 2.16. The van der Waals surface area contributed by atoms with E-state index in [1.165, 1.54) is 11.1 Å². The standard InChI is InChI=1S/C15H22N4O4/c1-6-9(2)14(11-8-16-22-10(11)3)21-13-7-12(23-18-13)15(20)17-19(4)5/h7-9,14H,6H2,1-5H3,(H,17,20). The molecule has 1 N–H and O–H groups in total. The number of hydrazine groups is 1. The Morgan fingerprint density at radius 3 is 2.74 bits per heavy atom. The summed E-state index contributed by atoms with van der Waals surface area (Å²) in [5, 5.41) is 9.13. The van der Waals surface area contributed by atoms with E-state index in [-0.39, 0.29) is 23.7 Å². The maximum atomic E-state index is 11.9. The van der Waals surface area contributed by atoms with Crippen LogP contribution in [0.2, 0.25) is 0 Å². The maximum Gasteiger partial charge on any atom is 0.304 e. The van der Waals surface area contributed by atoms with Gasteiger partial charge in [0, 0.05) is 14.1 Å². The van der Waals surface area contributed by atoms with Gasteiger partial charge in [-0.25, -0.2) is 5.01 Å². The fraction of sp³-hybridized carbons (Fsp3) is 0.533. The van der Waals surface area contributed by atoms with Crippen LogP contribution in [-0.2, 0) is 0 Å². The first-order valence-electron chi connectivity index (χ1n) is 7.45. The van der Waals surface area contributed by atoms with Gasteiger partial charge in [-0.2, -0.15) is 0 Å². The molecule has 1 amide bonds. The molecule has 2 aromatic heterocycles. The van der Waals surface area contributed by atoms with Gasteiger partial charge < -0.3 is 13.8 Å². The molecule has 2 rings (SSSR count). The van der Waals surface area contributed by atoms with Gasteiger partial charge in [-0.3, -0.25) is 10.2 Å². The molecule has 126 valence electrons. The average molecular weight is 322 g/mol. The Bertz CT molecular complexity index is 649. The number of carbonyl (C=O) groups excluding carboxylic acids is 1. The normalized spacial score (nSPS) is 13.8. The lowest BCUT2D eigenvalue weighted by molar-refractivity contribution is 0.0816. The summed E-state index contributed by atoms with van der Waals surface area (Å²) in [6.45, 7) is 5.97. The van der Waals surface area contributed by atoms with E-state index >= 15 is 0 Å². The first kappa shape index (κ1) is 17.0.